The quantitative estimate of drug-likeness (QED) is 0.640. The van der Waals surface area contributed by atoms with Crippen LogP contribution in [0, 0.1) is 0 Å². The molecule has 3 nitrogen and oxygen atoms in total. The smallest absolute Gasteiger partial charge is 0.0749 e. The predicted molar refractivity (Wildman–Crippen MR) is 69.8 cm³/mol. The summed E-state index contributed by atoms with van der Waals surface area (Å²) in [5, 5.41) is 0.791. The SMILES string of the molecule is CC1CCC(C(Cc2ccccc2Cl)NN)O1. The van der Waals surface area contributed by atoms with Crippen LogP contribution in [0.3, 0.4) is 0 Å². The predicted octanol–water partition coefficient (Wildman–Crippen LogP) is 2.28. The van der Waals surface area contributed by atoms with E-state index in [1.54, 1.807) is 0 Å². The van der Waals surface area contributed by atoms with E-state index in [1.165, 1.54) is 0 Å². The average molecular weight is 255 g/mol. The molecule has 3 atom stereocenters. The fourth-order valence-corrected chi connectivity index (χ4v) is 2.54. The van der Waals surface area contributed by atoms with E-state index in [-0.39, 0.29) is 12.1 Å². The maximum absolute atomic E-state index is 6.15. The molecule has 0 spiro atoms. The first-order valence-corrected chi connectivity index (χ1v) is 6.43. The lowest BCUT2D eigenvalue weighted by Gasteiger charge is -2.23. The number of rotatable bonds is 4. The number of halogens is 1. The van der Waals surface area contributed by atoms with Crippen LogP contribution in [0.2, 0.25) is 5.02 Å². The Morgan fingerprint density at radius 3 is 2.82 bits per heavy atom. The number of nitrogens with two attached hydrogens (primary N) is 1. The third-order valence-electron chi connectivity index (χ3n) is 3.33. The molecule has 0 aromatic heterocycles. The van der Waals surface area contributed by atoms with Gasteiger partial charge in [-0.3, -0.25) is 11.3 Å². The Kier molecular flexibility index (Phi) is 4.40. The van der Waals surface area contributed by atoms with Gasteiger partial charge in [0.05, 0.1) is 18.2 Å². The van der Waals surface area contributed by atoms with Gasteiger partial charge in [0.15, 0.2) is 0 Å². The molecule has 0 amide bonds. The second-order valence-electron chi connectivity index (χ2n) is 4.63. The lowest BCUT2D eigenvalue weighted by atomic mass is 10.00. The van der Waals surface area contributed by atoms with Crippen LogP contribution in [0.25, 0.3) is 0 Å². The van der Waals surface area contributed by atoms with Gasteiger partial charge in [-0.05, 0) is 37.8 Å². The van der Waals surface area contributed by atoms with Crippen molar-refractivity contribution < 1.29 is 4.74 Å². The van der Waals surface area contributed by atoms with Gasteiger partial charge in [-0.15, -0.1) is 0 Å². The number of hydrogen-bond acceptors (Lipinski definition) is 3. The molecule has 0 radical (unpaired) electrons. The van der Waals surface area contributed by atoms with Crippen molar-refractivity contribution in [2.75, 3.05) is 0 Å². The van der Waals surface area contributed by atoms with Gasteiger partial charge in [-0.1, -0.05) is 29.8 Å². The van der Waals surface area contributed by atoms with E-state index in [0.717, 1.165) is 29.8 Å². The Hall–Kier alpha value is -0.610. The number of ether oxygens (including phenoxy) is 1. The second-order valence-corrected chi connectivity index (χ2v) is 5.04. The van der Waals surface area contributed by atoms with E-state index in [1.807, 2.05) is 24.3 Å². The minimum atomic E-state index is 0.125. The molecule has 3 unspecified atom stereocenters. The fraction of sp³-hybridized carbons (Fsp3) is 0.538. The van der Waals surface area contributed by atoms with E-state index in [2.05, 4.69) is 12.3 Å². The van der Waals surface area contributed by atoms with E-state index in [9.17, 15) is 0 Å². The van der Waals surface area contributed by atoms with Crippen molar-refractivity contribution in [1.29, 1.82) is 0 Å². The van der Waals surface area contributed by atoms with Crippen LogP contribution in [0.5, 0.6) is 0 Å². The molecule has 1 aliphatic heterocycles. The molecule has 1 aliphatic rings. The molecule has 1 saturated heterocycles. The third-order valence-corrected chi connectivity index (χ3v) is 3.69. The van der Waals surface area contributed by atoms with Gasteiger partial charge in [-0.25, -0.2) is 0 Å². The largest absolute Gasteiger partial charge is 0.374 e. The zero-order valence-electron chi connectivity index (χ0n) is 10.0. The highest BCUT2D eigenvalue weighted by Crippen LogP contribution is 2.25. The number of benzene rings is 1. The van der Waals surface area contributed by atoms with Crippen LogP contribution in [-0.4, -0.2) is 18.2 Å². The highest BCUT2D eigenvalue weighted by atomic mass is 35.5. The van der Waals surface area contributed by atoms with Crippen LogP contribution < -0.4 is 11.3 Å². The van der Waals surface area contributed by atoms with Crippen LogP contribution in [0.1, 0.15) is 25.3 Å². The highest BCUT2D eigenvalue weighted by molar-refractivity contribution is 6.31. The Balaban J connectivity index is 2.03. The molecule has 0 aliphatic carbocycles. The van der Waals surface area contributed by atoms with Gasteiger partial charge in [0, 0.05) is 5.02 Å². The first-order chi connectivity index (χ1) is 8.20. The second kappa shape index (κ2) is 5.83. The van der Waals surface area contributed by atoms with E-state index < -0.39 is 0 Å². The summed E-state index contributed by atoms with van der Waals surface area (Å²) in [6.07, 6.45) is 3.48. The van der Waals surface area contributed by atoms with Crippen LogP contribution >= 0.6 is 11.6 Å². The normalized spacial score (nSPS) is 26.1. The van der Waals surface area contributed by atoms with Crippen LogP contribution in [-0.2, 0) is 11.2 Å². The van der Waals surface area contributed by atoms with Gasteiger partial charge >= 0.3 is 0 Å². The van der Waals surface area contributed by atoms with Gasteiger partial charge in [0.2, 0.25) is 0 Å². The Bertz CT molecular complexity index is 372. The van der Waals surface area contributed by atoms with E-state index in [4.69, 9.17) is 22.2 Å². The highest BCUT2D eigenvalue weighted by Gasteiger charge is 2.29. The lowest BCUT2D eigenvalue weighted by Crippen LogP contribution is -2.45. The number of nitrogens with one attached hydrogen (secondary N) is 1. The van der Waals surface area contributed by atoms with Crippen molar-refractivity contribution in [1.82, 2.24) is 5.43 Å². The molecule has 0 saturated carbocycles. The maximum Gasteiger partial charge on any atom is 0.0749 e. The fourth-order valence-electron chi connectivity index (χ4n) is 2.33. The molecule has 1 heterocycles. The van der Waals surface area contributed by atoms with Gasteiger partial charge in [0.1, 0.15) is 0 Å². The summed E-state index contributed by atoms with van der Waals surface area (Å²) in [4.78, 5) is 0. The topological polar surface area (TPSA) is 47.3 Å². The van der Waals surface area contributed by atoms with Crippen LogP contribution in [0.4, 0.5) is 0 Å². The van der Waals surface area contributed by atoms with Crippen molar-refractivity contribution in [2.45, 2.75) is 44.4 Å². The molecule has 17 heavy (non-hydrogen) atoms. The van der Waals surface area contributed by atoms with Crippen molar-refractivity contribution in [3.8, 4) is 0 Å². The average Bonchev–Trinajstić information content (AvgIpc) is 2.75. The lowest BCUT2D eigenvalue weighted by molar-refractivity contribution is 0.0320. The molecule has 4 heteroatoms. The summed E-state index contributed by atoms with van der Waals surface area (Å²) in [6, 6.07) is 7.99. The monoisotopic (exact) mass is 254 g/mol. The zero-order valence-corrected chi connectivity index (χ0v) is 10.8. The first-order valence-electron chi connectivity index (χ1n) is 6.05. The minimum absolute atomic E-state index is 0.125. The molecule has 2 rings (SSSR count). The third kappa shape index (κ3) is 3.19. The van der Waals surface area contributed by atoms with Gasteiger partial charge in [-0.2, -0.15) is 0 Å². The molecule has 1 aromatic rings. The number of hydrazine groups is 1. The Labute approximate surface area is 107 Å². The number of hydrogen-bond donors (Lipinski definition) is 2. The van der Waals surface area contributed by atoms with Crippen LogP contribution in [0.15, 0.2) is 24.3 Å². The molecular formula is C13H19ClN2O. The molecule has 1 fully saturated rings. The van der Waals surface area contributed by atoms with Crippen molar-refractivity contribution >= 4 is 11.6 Å². The Morgan fingerprint density at radius 1 is 1.47 bits per heavy atom. The van der Waals surface area contributed by atoms with Crippen molar-refractivity contribution in [2.24, 2.45) is 5.84 Å². The molecule has 3 N–H and O–H groups in total. The zero-order chi connectivity index (χ0) is 12.3. The van der Waals surface area contributed by atoms with E-state index >= 15 is 0 Å². The maximum atomic E-state index is 6.15. The van der Waals surface area contributed by atoms with Gasteiger partial charge < -0.3 is 4.74 Å². The minimum Gasteiger partial charge on any atom is -0.374 e. The summed E-state index contributed by atoms with van der Waals surface area (Å²) in [7, 11) is 0. The summed E-state index contributed by atoms with van der Waals surface area (Å²) >= 11 is 6.15. The van der Waals surface area contributed by atoms with E-state index in [0.29, 0.717) is 6.10 Å². The molecule has 0 bridgehead atoms. The summed E-state index contributed by atoms with van der Waals surface area (Å²) in [5.41, 5.74) is 3.97. The molecular weight excluding hydrogens is 236 g/mol. The van der Waals surface area contributed by atoms with Gasteiger partial charge in [0.25, 0.3) is 0 Å². The summed E-state index contributed by atoms with van der Waals surface area (Å²) in [5.74, 6) is 5.62. The Morgan fingerprint density at radius 2 is 2.24 bits per heavy atom. The standard InChI is InChI=1S/C13H19ClN2O/c1-9-6-7-13(17-9)12(16-15)8-10-4-2-3-5-11(10)14/h2-5,9,12-13,16H,6-8,15H2,1H3. The molecule has 1 aromatic carbocycles. The summed E-state index contributed by atoms with van der Waals surface area (Å²) < 4.78 is 5.84. The summed E-state index contributed by atoms with van der Waals surface area (Å²) in [6.45, 7) is 2.10. The molecule has 94 valence electrons. The van der Waals surface area contributed by atoms with Crippen molar-refractivity contribution in [3.05, 3.63) is 34.9 Å². The first kappa shape index (κ1) is 12.8. The van der Waals surface area contributed by atoms with Crippen molar-refractivity contribution in [3.63, 3.8) is 0 Å².